The number of nitrogens with one attached hydrogen (secondary N) is 1. The van der Waals surface area contributed by atoms with Crippen LogP contribution in [0.3, 0.4) is 0 Å². The Morgan fingerprint density at radius 1 is 1.03 bits per heavy atom. The second-order valence-corrected chi connectivity index (χ2v) is 7.43. The lowest BCUT2D eigenvalue weighted by molar-refractivity contribution is -0.141. The summed E-state index contributed by atoms with van der Waals surface area (Å²) >= 11 is 0. The molecule has 0 aliphatic heterocycles. The molecule has 0 aromatic heterocycles. The van der Waals surface area contributed by atoms with Gasteiger partial charge in [-0.05, 0) is 42.5 Å². The van der Waals surface area contributed by atoms with Crippen LogP contribution in [0.25, 0.3) is 0 Å². The first-order valence-corrected chi connectivity index (χ1v) is 10.8. The third kappa shape index (κ3) is 7.21. The molecule has 162 valence electrons. The molecule has 2 amide bonds. The molecule has 0 spiro atoms. The second-order valence-electron chi connectivity index (χ2n) is 7.43. The number of rotatable bonds is 12. The summed E-state index contributed by atoms with van der Waals surface area (Å²) in [5.41, 5.74) is 2.06. The molecule has 0 unspecified atom stereocenters. The van der Waals surface area contributed by atoms with Gasteiger partial charge < -0.3 is 15.0 Å². The van der Waals surface area contributed by atoms with Gasteiger partial charge >= 0.3 is 0 Å². The van der Waals surface area contributed by atoms with Gasteiger partial charge in [0.25, 0.3) is 0 Å². The van der Waals surface area contributed by atoms with Gasteiger partial charge in [0, 0.05) is 19.5 Å². The van der Waals surface area contributed by atoms with Gasteiger partial charge in [-0.25, -0.2) is 0 Å². The molecule has 0 heterocycles. The standard InChI is InChI=1S/C25H34N2O3/c1-4-6-17-26-25(29)23(5-2)27(19-21-13-10-14-22(18-21)30-3)24(28)16-15-20-11-8-7-9-12-20/h7-14,18,23H,4-6,15-17,19H2,1-3H3,(H,26,29)/t23-/m0/s1. The smallest absolute Gasteiger partial charge is 0.242 e. The SMILES string of the molecule is CCCCNC(=O)[C@H](CC)N(Cc1cccc(OC)c1)C(=O)CCc1ccccc1. The fraction of sp³-hybridized carbons (Fsp3) is 0.440. The van der Waals surface area contributed by atoms with E-state index in [1.807, 2.05) is 61.5 Å². The molecule has 2 rings (SSSR count). The topological polar surface area (TPSA) is 58.6 Å². The molecule has 0 saturated heterocycles. The van der Waals surface area contributed by atoms with Crippen molar-refractivity contribution in [2.45, 2.75) is 58.5 Å². The summed E-state index contributed by atoms with van der Waals surface area (Å²) < 4.78 is 5.32. The summed E-state index contributed by atoms with van der Waals surface area (Å²) in [5.74, 6) is 0.644. The fourth-order valence-corrected chi connectivity index (χ4v) is 3.43. The lowest BCUT2D eigenvalue weighted by atomic mass is 10.1. The average Bonchev–Trinajstić information content (AvgIpc) is 2.78. The summed E-state index contributed by atoms with van der Waals surface area (Å²) in [6, 6.07) is 17.1. The van der Waals surface area contributed by atoms with Crippen molar-refractivity contribution in [3.05, 3.63) is 65.7 Å². The van der Waals surface area contributed by atoms with Crippen LogP contribution in [0.5, 0.6) is 5.75 Å². The average molecular weight is 411 g/mol. The Balaban J connectivity index is 2.18. The maximum Gasteiger partial charge on any atom is 0.242 e. The zero-order valence-corrected chi connectivity index (χ0v) is 18.4. The van der Waals surface area contributed by atoms with E-state index in [0.717, 1.165) is 29.7 Å². The highest BCUT2D eigenvalue weighted by Crippen LogP contribution is 2.18. The molecule has 0 fully saturated rings. The van der Waals surface area contributed by atoms with E-state index in [-0.39, 0.29) is 11.8 Å². The molecule has 0 aliphatic rings. The van der Waals surface area contributed by atoms with Crippen LogP contribution in [0.15, 0.2) is 54.6 Å². The van der Waals surface area contributed by atoms with Crippen molar-refractivity contribution in [1.29, 1.82) is 0 Å². The number of amides is 2. The Bertz CT molecular complexity index is 792. The van der Waals surface area contributed by atoms with Crippen LogP contribution in [0, 0.1) is 0 Å². The minimum Gasteiger partial charge on any atom is -0.497 e. The monoisotopic (exact) mass is 410 g/mol. The molecule has 30 heavy (non-hydrogen) atoms. The summed E-state index contributed by atoms with van der Waals surface area (Å²) in [6.07, 6.45) is 3.54. The van der Waals surface area contributed by atoms with Crippen molar-refractivity contribution < 1.29 is 14.3 Å². The van der Waals surface area contributed by atoms with Gasteiger partial charge in [0.1, 0.15) is 11.8 Å². The minimum atomic E-state index is -0.490. The molecule has 2 aromatic rings. The van der Waals surface area contributed by atoms with Crippen LogP contribution in [-0.2, 0) is 22.6 Å². The van der Waals surface area contributed by atoms with Crippen molar-refractivity contribution in [2.75, 3.05) is 13.7 Å². The maximum absolute atomic E-state index is 13.2. The van der Waals surface area contributed by atoms with Gasteiger partial charge in [0.2, 0.25) is 11.8 Å². The number of carbonyl (C=O) groups excluding carboxylic acids is 2. The third-order valence-electron chi connectivity index (χ3n) is 5.17. The van der Waals surface area contributed by atoms with E-state index in [1.54, 1.807) is 12.0 Å². The van der Waals surface area contributed by atoms with Crippen LogP contribution in [0.1, 0.15) is 50.7 Å². The number of hydrogen-bond acceptors (Lipinski definition) is 3. The summed E-state index contributed by atoms with van der Waals surface area (Å²) in [6.45, 7) is 5.06. The van der Waals surface area contributed by atoms with E-state index in [1.165, 1.54) is 0 Å². The molecule has 5 nitrogen and oxygen atoms in total. The number of ether oxygens (including phenoxy) is 1. The molecular weight excluding hydrogens is 376 g/mol. The van der Waals surface area contributed by atoms with Gasteiger partial charge in [0.15, 0.2) is 0 Å². The lowest BCUT2D eigenvalue weighted by Gasteiger charge is -2.31. The number of nitrogens with zero attached hydrogens (tertiary/aromatic N) is 1. The highest BCUT2D eigenvalue weighted by molar-refractivity contribution is 5.87. The molecular formula is C25H34N2O3. The van der Waals surface area contributed by atoms with Crippen molar-refractivity contribution >= 4 is 11.8 Å². The molecule has 5 heteroatoms. The van der Waals surface area contributed by atoms with E-state index in [0.29, 0.717) is 32.4 Å². The molecule has 0 saturated carbocycles. The predicted octanol–water partition coefficient (Wildman–Crippen LogP) is 4.35. The Hall–Kier alpha value is -2.82. The Labute approximate surface area is 180 Å². The van der Waals surface area contributed by atoms with Crippen LogP contribution in [0.2, 0.25) is 0 Å². The number of carbonyl (C=O) groups is 2. The van der Waals surface area contributed by atoms with Gasteiger partial charge in [-0.3, -0.25) is 9.59 Å². The molecule has 0 aliphatic carbocycles. The summed E-state index contributed by atoms with van der Waals surface area (Å²) in [7, 11) is 1.62. The van der Waals surface area contributed by atoms with Crippen LogP contribution < -0.4 is 10.1 Å². The number of aryl methyl sites for hydroxylation is 1. The van der Waals surface area contributed by atoms with Gasteiger partial charge in [-0.15, -0.1) is 0 Å². The second kappa shape index (κ2) is 12.7. The van der Waals surface area contributed by atoms with Crippen LogP contribution >= 0.6 is 0 Å². The van der Waals surface area contributed by atoms with Crippen molar-refractivity contribution in [3.8, 4) is 5.75 Å². The largest absolute Gasteiger partial charge is 0.497 e. The lowest BCUT2D eigenvalue weighted by Crippen LogP contribution is -2.49. The zero-order valence-electron chi connectivity index (χ0n) is 18.4. The number of hydrogen-bond donors (Lipinski definition) is 1. The first-order valence-electron chi connectivity index (χ1n) is 10.8. The van der Waals surface area contributed by atoms with Crippen LogP contribution in [-0.4, -0.2) is 36.4 Å². The van der Waals surface area contributed by atoms with Gasteiger partial charge in [0.05, 0.1) is 7.11 Å². The number of benzene rings is 2. The van der Waals surface area contributed by atoms with E-state index < -0.39 is 6.04 Å². The highest BCUT2D eigenvalue weighted by Gasteiger charge is 2.28. The third-order valence-corrected chi connectivity index (χ3v) is 5.17. The van der Waals surface area contributed by atoms with E-state index in [9.17, 15) is 9.59 Å². The summed E-state index contributed by atoms with van der Waals surface area (Å²) in [4.78, 5) is 27.8. The molecule has 1 atom stereocenters. The fourth-order valence-electron chi connectivity index (χ4n) is 3.43. The van der Waals surface area contributed by atoms with Gasteiger partial charge in [-0.2, -0.15) is 0 Å². The van der Waals surface area contributed by atoms with E-state index in [4.69, 9.17) is 4.74 Å². The van der Waals surface area contributed by atoms with Crippen molar-refractivity contribution in [2.24, 2.45) is 0 Å². The Morgan fingerprint density at radius 3 is 2.43 bits per heavy atom. The van der Waals surface area contributed by atoms with Crippen molar-refractivity contribution in [1.82, 2.24) is 10.2 Å². The molecule has 2 aromatic carbocycles. The van der Waals surface area contributed by atoms with Crippen molar-refractivity contribution in [3.63, 3.8) is 0 Å². The Kier molecular flexibility index (Phi) is 9.92. The summed E-state index contributed by atoms with van der Waals surface area (Å²) in [5, 5.41) is 2.99. The van der Waals surface area contributed by atoms with Gasteiger partial charge in [-0.1, -0.05) is 62.7 Å². The zero-order chi connectivity index (χ0) is 21.8. The van der Waals surface area contributed by atoms with E-state index in [2.05, 4.69) is 12.2 Å². The van der Waals surface area contributed by atoms with Crippen LogP contribution in [0.4, 0.5) is 0 Å². The number of unbranched alkanes of at least 4 members (excludes halogenated alkanes) is 1. The predicted molar refractivity (Wildman–Crippen MR) is 120 cm³/mol. The first kappa shape index (κ1) is 23.5. The molecule has 1 N–H and O–H groups in total. The molecule has 0 radical (unpaired) electrons. The first-order chi connectivity index (χ1) is 14.6. The minimum absolute atomic E-state index is 0.0147. The normalized spacial score (nSPS) is 11.6. The maximum atomic E-state index is 13.2. The number of methoxy groups -OCH3 is 1. The quantitative estimate of drug-likeness (QED) is 0.529. The highest BCUT2D eigenvalue weighted by atomic mass is 16.5. The Morgan fingerprint density at radius 2 is 1.77 bits per heavy atom. The molecule has 0 bridgehead atoms. The van der Waals surface area contributed by atoms with E-state index >= 15 is 0 Å².